The summed E-state index contributed by atoms with van der Waals surface area (Å²) in [5.41, 5.74) is 8.57. The van der Waals surface area contributed by atoms with Gasteiger partial charge in [0.25, 0.3) is 5.91 Å². The van der Waals surface area contributed by atoms with Gasteiger partial charge in [-0.05, 0) is 29.7 Å². The molecule has 0 saturated heterocycles. The van der Waals surface area contributed by atoms with Gasteiger partial charge in [-0.25, -0.2) is 0 Å². The van der Waals surface area contributed by atoms with Crippen LogP contribution in [0.25, 0.3) is 0 Å². The van der Waals surface area contributed by atoms with Gasteiger partial charge in [0.15, 0.2) is 0 Å². The van der Waals surface area contributed by atoms with Crippen molar-refractivity contribution in [2.45, 2.75) is 19.3 Å². The summed E-state index contributed by atoms with van der Waals surface area (Å²) in [7, 11) is 0. The quantitative estimate of drug-likeness (QED) is 0.678. The zero-order chi connectivity index (χ0) is 19.1. The number of nitrogens with one attached hydrogen (secondary N) is 2. The molecule has 2 N–H and O–H groups in total. The van der Waals surface area contributed by atoms with Gasteiger partial charge in [-0.2, -0.15) is 0 Å². The lowest BCUT2D eigenvalue weighted by molar-refractivity contribution is -0.122. The minimum Gasteiger partial charge on any atom is -0.273 e. The fourth-order valence-electron chi connectivity index (χ4n) is 3.06. The molecule has 0 aromatic heterocycles. The number of benzene rings is 3. The lowest BCUT2D eigenvalue weighted by Crippen LogP contribution is -2.42. The fraction of sp³-hybridized carbons (Fsp3) is 0.130. The Labute approximate surface area is 159 Å². The molecule has 2 amide bonds. The molecule has 3 rings (SSSR count). The van der Waals surface area contributed by atoms with Gasteiger partial charge in [-0.1, -0.05) is 78.9 Å². The number of carbonyl (C=O) groups is 2. The summed E-state index contributed by atoms with van der Waals surface area (Å²) in [4.78, 5) is 24.8. The Morgan fingerprint density at radius 1 is 0.741 bits per heavy atom. The van der Waals surface area contributed by atoms with Crippen molar-refractivity contribution in [3.05, 3.63) is 107 Å². The summed E-state index contributed by atoms with van der Waals surface area (Å²) in [5, 5.41) is 0. The number of carbonyl (C=O) groups excluding carboxylic acids is 2. The smallest absolute Gasteiger partial charge is 0.269 e. The molecule has 4 heteroatoms. The molecule has 136 valence electrons. The molecule has 0 atom stereocenters. The predicted molar refractivity (Wildman–Crippen MR) is 106 cm³/mol. The third-order valence-electron chi connectivity index (χ3n) is 4.50. The van der Waals surface area contributed by atoms with Crippen LogP contribution in [-0.2, 0) is 4.79 Å². The van der Waals surface area contributed by atoms with Crippen molar-refractivity contribution in [2.75, 3.05) is 0 Å². The number of amides is 2. The summed E-state index contributed by atoms with van der Waals surface area (Å²) >= 11 is 0. The number of aryl methyl sites for hydroxylation is 1. The van der Waals surface area contributed by atoms with Crippen molar-refractivity contribution in [3.8, 4) is 0 Å². The molecule has 0 aliphatic heterocycles. The van der Waals surface area contributed by atoms with Crippen molar-refractivity contribution in [2.24, 2.45) is 0 Å². The van der Waals surface area contributed by atoms with Gasteiger partial charge in [0.1, 0.15) is 0 Å². The number of hydrogen-bond donors (Lipinski definition) is 2. The Morgan fingerprint density at radius 2 is 1.26 bits per heavy atom. The topological polar surface area (TPSA) is 58.2 Å². The standard InChI is InChI=1S/C23H22N2O2/c1-17-10-8-9-15-20(17)23(27)25-24-22(26)16-21(18-11-4-2-5-12-18)19-13-6-3-7-14-19/h2-15,21H,16H2,1H3,(H,24,26)(H,25,27). The third kappa shape index (κ3) is 4.82. The SMILES string of the molecule is Cc1ccccc1C(=O)NNC(=O)CC(c1ccccc1)c1ccccc1. The summed E-state index contributed by atoms with van der Waals surface area (Å²) in [5.74, 6) is -0.644. The second-order valence-electron chi connectivity index (χ2n) is 6.40. The molecule has 0 radical (unpaired) electrons. The van der Waals surface area contributed by atoms with E-state index in [0.29, 0.717) is 5.56 Å². The van der Waals surface area contributed by atoms with Crippen molar-refractivity contribution in [1.82, 2.24) is 10.9 Å². The Morgan fingerprint density at radius 3 is 1.81 bits per heavy atom. The first-order valence-corrected chi connectivity index (χ1v) is 8.90. The van der Waals surface area contributed by atoms with Gasteiger partial charge in [0.05, 0.1) is 0 Å². The average Bonchev–Trinajstić information content (AvgIpc) is 2.72. The highest BCUT2D eigenvalue weighted by atomic mass is 16.2. The molecule has 4 nitrogen and oxygen atoms in total. The highest BCUT2D eigenvalue weighted by molar-refractivity contribution is 5.96. The van der Waals surface area contributed by atoms with Crippen LogP contribution in [0.2, 0.25) is 0 Å². The van der Waals surface area contributed by atoms with E-state index >= 15 is 0 Å². The molecule has 3 aromatic rings. The van der Waals surface area contributed by atoms with Crippen LogP contribution in [-0.4, -0.2) is 11.8 Å². The average molecular weight is 358 g/mol. The van der Waals surface area contributed by atoms with Gasteiger partial charge in [-0.3, -0.25) is 20.4 Å². The predicted octanol–water partition coefficient (Wildman–Crippen LogP) is 3.98. The van der Waals surface area contributed by atoms with Gasteiger partial charge in [0, 0.05) is 17.9 Å². The lowest BCUT2D eigenvalue weighted by atomic mass is 9.88. The molecule has 0 spiro atoms. The molecule has 0 saturated carbocycles. The highest BCUT2D eigenvalue weighted by Crippen LogP contribution is 2.27. The van der Waals surface area contributed by atoms with E-state index in [1.807, 2.05) is 79.7 Å². The van der Waals surface area contributed by atoms with Crippen LogP contribution < -0.4 is 10.9 Å². The van der Waals surface area contributed by atoms with E-state index in [1.165, 1.54) is 0 Å². The van der Waals surface area contributed by atoms with Crippen molar-refractivity contribution in [1.29, 1.82) is 0 Å². The van der Waals surface area contributed by atoms with Crippen LogP contribution in [0.4, 0.5) is 0 Å². The molecule has 0 unspecified atom stereocenters. The maximum absolute atomic E-state index is 12.5. The highest BCUT2D eigenvalue weighted by Gasteiger charge is 2.18. The fourth-order valence-corrected chi connectivity index (χ4v) is 3.06. The van der Waals surface area contributed by atoms with E-state index < -0.39 is 0 Å². The molecule has 0 aliphatic carbocycles. The molecule has 0 bridgehead atoms. The Bertz CT molecular complexity index is 868. The van der Waals surface area contributed by atoms with E-state index in [0.717, 1.165) is 16.7 Å². The minimum atomic E-state index is -0.322. The van der Waals surface area contributed by atoms with E-state index in [2.05, 4.69) is 10.9 Å². The Balaban J connectivity index is 1.68. The summed E-state index contributed by atoms with van der Waals surface area (Å²) in [6.07, 6.45) is 0.238. The molecule has 0 aliphatic rings. The maximum atomic E-state index is 12.5. The number of rotatable bonds is 5. The van der Waals surface area contributed by atoms with Crippen molar-refractivity contribution >= 4 is 11.8 Å². The Hall–Kier alpha value is -3.40. The van der Waals surface area contributed by atoms with E-state index in [1.54, 1.807) is 12.1 Å². The van der Waals surface area contributed by atoms with Gasteiger partial charge >= 0.3 is 0 Å². The summed E-state index contributed by atoms with van der Waals surface area (Å²) in [6, 6.07) is 27.0. The van der Waals surface area contributed by atoms with Gasteiger partial charge in [0.2, 0.25) is 5.91 Å². The van der Waals surface area contributed by atoms with Crippen LogP contribution in [0.1, 0.15) is 39.4 Å². The van der Waals surface area contributed by atoms with Crippen molar-refractivity contribution < 1.29 is 9.59 Å². The normalized spacial score (nSPS) is 10.4. The number of hydrogen-bond acceptors (Lipinski definition) is 2. The first kappa shape index (κ1) is 18.4. The summed E-state index contributed by atoms with van der Waals surface area (Å²) < 4.78 is 0. The Kier molecular flexibility index (Phi) is 6.00. The van der Waals surface area contributed by atoms with E-state index in [9.17, 15) is 9.59 Å². The van der Waals surface area contributed by atoms with Crippen LogP contribution >= 0.6 is 0 Å². The first-order chi connectivity index (χ1) is 13.1. The zero-order valence-corrected chi connectivity index (χ0v) is 15.2. The van der Waals surface area contributed by atoms with Crippen molar-refractivity contribution in [3.63, 3.8) is 0 Å². The summed E-state index contributed by atoms with van der Waals surface area (Å²) in [6.45, 7) is 1.86. The second kappa shape index (κ2) is 8.81. The molecule has 27 heavy (non-hydrogen) atoms. The van der Waals surface area contributed by atoms with E-state index in [4.69, 9.17) is 0 Å². The maximum Gasteiger partial charge on any atom is 0.269 e. The minimum absolute atomic E-state index is 0.0808. The molecular weight excluding hydrogens is 336 g/mol. The van der Waals surface area contributed by atoms with Gasteiger partial charge < -0.3 is 0 Å². The molecule has 0 fully saturated rings. The van der Waals surface area contributed by atoms with Crippen LogP contribution in [0, 0.1) is 6.92 Å². The van der Waals surface area contributed by atoms with Crippen LogP contribution in [0.15, 0.2) is 84.9 Å². The largest absolute Gasteiger partial charge is 0.273 e. The van der Waals surface area contributed by atoms with Gasteiger partial charge in [-0.15, -0.1) is 0 Å². The third-order valence-corrected chi connectivity index (χ3v) is 4.50. The monoisotopic (exact) mass is 358 g/mol. The van der Waals surface area contributed by atoms with Crippen LogP contribution in [0.5, 0.6) is 0 Å². The first-order valence-electron chi connectivity index (χ1n) is 8.90. The molecular formula is C23H22N2O2. The lowest BCUT2D eigenvalue weighted by Gasteiger charge is -2.18. The molecule has 3 aromatic carbocycles. The number of hydrazine groups is 1. The second-order valence-corrected chi connectivity index (χ2v) is 6.40. The van der Waals surface area contributed by atoms with Crippen LogP contribution in [0.3, 0.4) is 0 Å². The zero-order valence-electron chi connectivity index (χ0n) is 15.2. The molecule has 0 heterocycles. The van der Waals surface area contributed by atoms with E-state index in [-0.39, 0.29) is 24.2 Å².